The van der Waals surface area contributed by atoms with Crippen LogP contribution in [0.3, 0.4) is 0 Å². The first-order valence-electron chi connectivity index (χ1n) is 16.3. The second kappa shape index (κ2) is 11.4. The number of hydrogen-bond donors (Lipinski definition) is 0. The molecule has 0 unspecified atom stereocenters. The zero-order valence-electron chi connectivity index (χ0n) is 26.7. The summed E-state index contributed by atoms with van der Waals surface area (Å²) in [5, 5.41) is 34.9. The molecule has 0 radical (unpaired) electrons. The molecular weight excluding hydrogens is 611 g/mol. The number of nitrogens with zero attached hydrogens (tertiary/aromatic N) is 5. The highest BCUT2D eigenvalue weighted by molar-refractivity contribution is 6.11. The Bertz CT molecular complexity index is 2910. The van der Waals surface area contributed by atoms with E-state index in [1.54, 1.807) is 6.07 Å². The van der Waals surface area contributed by atoms with Gasteiger partial charge in [0.1, 0.15) is 6.07 Å². The first-order valence-corrected chi connectivity index (χ1v) is 16.3. The van der Waals surface area contributed by atoms with E-state index in [1.807, 2.05) is 78.9 Å². The van der Waals surface area contributed by atoms with Gasteiger partial charge in [0.25, 0.3) is 0 Å². The minimum absolute atomic E-state index is 0.420. The Balaban J connectivity index is 1.37. The average molecular weight is 636 g/mol. The molecular formula is C45H25N5. The van der Waals surface area contributed by atoms with E-state index in [-0.39, 0.29) is 0 Å². The maximum atomic E-state index is 10.5. The molecule has 0 saturated carbocycles. The van der Waals surface area contributed by atoms with Gasteiger partial charge in [-0.3, -0.25) is 0 Å². The Labute approximate surface area is 287 Å². The van der Waals surface area contributed by atoms with Crippen molar-refractivity contribution in [1.82, 2.24) is 9.13 Å². The molecule has 2 heterocycles. The number of hydrogen-bond acceptors (Lipinski definition) is 3. The maximum absolute atomic E-state index is 10.5. The highest BCUT2D eigenvalue weighted by atomic mass is 15.0. The molecule has 0 N–H and O–H groups in total. The summed E-state index contributed by atoms with van der Waals surface area (Å²) >= 11 is 0. The molecule has 0 aliphatic heterocycles. The van der Waals surface area contributed by atoms with E-state index in [9.17, 15) is 15.8 Å². The third-order valence-electron chi connectivity index (χ3n) is 9.59. The van der Waals surface area contributed by atoms with Crippen molar-refractivity contribution >= 4 is 43.6 Å². The van der Waals surface area contributed by atoms with Gasteiger partial charge in [-0.2, -0.15) is 15.8 Å². The molecule has 5 nitrogen and oxygen atoms in total. The van der Waals surface area contributed by atoms with Crippen LogP contribution in [0.25, 0.3) is 77.2 Å². The van der Waals surface area contributed by atoms with Crippen LogP contribution >= 0.6 is 0 Å². The molecule has 5 heteroatoms. The predicted octanol–water partition coefficient (Wildman–Crippen LogP) is 10.8. The van der Waals surface area contributed by atoms with Crippen molar-refractivity contribution in [2.75, 3.05) is 0 Å². The van der Waals surface area contributed by atoms with Gasteiger partial charge < -0.3 is 9.13 Å². The zero-order chi connectivity index (χ0) is 33.8. The van der Waals surface area contributed by atoms with Gasteiger partial charge in [-0.1, -0.05) is 84.9 Å². The van der Waals surface area contributed by atoms with Crippen LogP contribution in [0, 0.1) is 34.0 Å². The van der Waals surface area contributed by atoms with Gasteiger partial charge in [0.2, 0.25) is 0 Å². The minimum Gasteiger partial charge on any atom is -0.309 e. The van der Waals surface area contributed by atoms with Crippen LogP contribution in [-0.2, 0) is 0 Å². The van der Waals surface area contributed by atoms with Crippen LogP contribution in [0.15, 0.2) is 152 Å². The highest BCUT2D eigenvalue weighted by Crippen LogP contribution is 2.40. The van der Waals surface area contributed by atoms with Gasteiger partial charge in [0, 0.05) is 32.8 Å². The van der Waals surface area contributed by atoms with E-state index in [1.165, 1.54) is 0 Å². The maximum Gasteiger partial charge on any atom is 0.101 e. The summed E-state index contributed by atoms with van der Waals surface area (Å²) in [5.41, 5.74) is 10.7. The van der Waals surface area contributed by atoms with E-state index in [2.05, 4.69) is 94.1 Å². The van der Waals surface area contributed by atoms with Gasteiger partial charge in [-0.15, -0.1) is 0 Å². The van der Waals surface area contributed by atoms with Gasteiger partial charge in [0.05, 0.1) is 56.6 Å². The Kier molecular flexibility index (Phi) is 6.56. The lowest BCUT2D eigenvalue weighted by atomic mass is 9.93. The molecule has 9 rings (SSSR count). The molecule has 0 atom stereocenters. The summed E-state index contributed by atoms with van der Waals surface area (Å²) in [6.45, 7) is 0. The van der Waals surface area contributed by atoms with E-state index >= 15 is 0 Å². The summed E-state index contributed by atoms with van der Waals surface area (Å²) in [5.74, 6) is 0. The molecule has 0 amide bonds. The standard InChI is InChI=1S/C45H25N5/c46-26-29-18-19-44-40(20-29)38-14-6-7-15-41(38)49(44)35-23-31(30-10-2-1-3-11-30)21-32(24-35)39-25-45(34(28-48)22-33(39)27-47)50-42-16-8-4-12-36(42)37-13-5-9-17-43(37)50/h1-25H. The van der Waals surface area contributed by atoms with Gasteiger partial charge in [-0.25, -0.2) is 0 Å². The minimum atomic E-state index is 0.420. The quantitative estimate of drug-likeness (QED) is 0.193. The lowest BCUT2D eigenvalue weighted by molar-refractivity contribution is 1.16. The number of benzene rings is 7. The Morgan fingerprint density at radius 2 is 0.940 bits per heavy atom. The summed E-state index contributed by atoms with van der Waals surface area (Å²) < 4.78 is 4.36. The number of aromatic nitrogens is 2. The van der Waals surface area contributed by atoms with Crippen molar-refractivity contribution in [2.24, 2.45) is 0 Å². The molecule has 0 fully saturated rings. The zero-order valence-corrected chi connectivity index (χ0v) is 26.7. The Morgan fingerprint density at radius 1 is 0.380 bits per heavy atom. The molecule has 9 aromatic rings. The summed E-state index contributed by atoms with van der Waals surface area (Å²) in [6.07, 6.45) is 0. The monoisotopic (exact) mass is 635 g/mol. The largest absolute Gasteiger partial charge is 0.309 e. The van der Waals surface area contributed by atoms with E-state index in [0.717, 1.165) is 71.6 Å². The highest BCUT2D eigenvalue weighted by Gasteiger charge is 2.20. The number of para-hydroxylation sites is 3. The SMILES string of the molecule is N#Cc1ccc2c(c1)c1ccccc1n2-c1cc(-c2ccccc2)cc(-c2cc(-n3c4ccccc4c4ccccc43)c(C#N)cc2C#N)c1. The van der Waals surface area contributed by atoms with Crippen molar-refractivity contribution in [2.45, 2.75) is 0 Å². The van der Waals surface area contributed by atoms with Crippen molar-refractivity contribution in [1.29, 1.82) is 15.8 Å². The van der Waals surface area contributed by atoms with Crippen molar-refractivity contribution in [3.8, 4) is 51.8 Å². The lowest BCUT2D eigenvalue weighted by Crippen LogP contribution is -2.01. The number of fused-ring (bicyclic) bond motifs is 6. The van der Waals surface area contributed by atoms with Crippen LogP contribution in [0.4, 0.5) is 0 Å². The predicted molar refractivity (Wildman–Crippen MR) is 200 cm³/mol. The summed E-state index contributed by atoms with van der Waals surface area (Å²) in [4.78, 5) is 0. The fourth-order valence-electron chi connectivity index (χ4n) is 7.39. The number of rotatable bonds is 4. The van der Waals surface area contributed by atoms with Crippen LogP contribution in [-0.4, -0.2) is 9.13 Å². The first-order chi connectivity index (χ1) is 24.7. The molecule has 0 bridgehead atoms. The molecule has 0 aliphatic carbocycles. The smallest absolute Gasteiger partial charge is 0.101 e. The molecule has 230 valence electrons. The molecule has 0 spiro atoms. The Morgan fingerprint density at radius 3 is 1.58 bits per heavy atom. The molecule has 0 saturated heterocycles. The number of nitriles is 3. The van der Waals surface area contributed by atoms with Crippen LogP contribution < -0.4 is 0 Å². The van der Waals surface area contributed by atoms with Gasteiger partial charge >= 0.3 is 0 Å². The van der Waals surface area contributed by atoms with Crippen LogP contribution in [0.2, 0.25) is 0 Å². The van der Waals surface area contributed by atoms with E-state index in [0.29, 0.717) is 22.4 Å². The summed E-state index contributed by atoms with van der Waals surface area (Å²) in [6, 6.07) is 57.9. The van der Waals surface area contributed by atoms with Crippen molar-refractivity contribution < 1.29 is 0 Å². The molecule has 50 heavy (non-hydrogen) atoms. The van der Waals surface area contributed by atoms with Crippen LogP contribution in [0.5, 0.6) is 0 Å². The van der Waals surface area contributed by atoms with E-state index < -0.39 is 0 Å². The molecule has 2 aromatic heterocycles. The second-order valence-electron chi connectivity index (χ2n) is 12.3. The van der Waals surface area contributed by atoms with Crippen molar-refractivity contribution in [3.63, 3.8) is 0 Å². The Hall–Kier alpha value is -7.39. The van der Waals surface area contributed by atoms with Crippen molar-refractivity contribution in [3.05, 3.63) is 168 Å². The molecule has 0 aliphatic rings. The third kappa shape index (κ3) is 4.38. The van der Waals surface area contributed by atoms with E-state index in [4.69, 9.17) is 0 Å². The van der Waals surface area contributed by atoms with Gasteiger partial charge in [-0.05, 0) is 83.4 Å². The van der Waals surface area contributed by atoms with Crippen LogP contribution in [0.1, 0.15) is 16.7 Å². The van der Waals surface area contributed by atoms with Gasteiger partial charge in [0.15, 0.2) is 0 Å². The second-order valence-corrected chi connectivity index (χ2v) is 12.3. The normalized spacial score (nSPS) is 11.1. The average Bonchev–Trinajstić information content (AvgIpc) is 3.70. The summed E-state index contributed by atoms with van der Waals surface area (Å²) in [7, 11) is 0. The first kappa shape index (κ1) is 28.8. The topological polar surface area (TPSA) is 81.2 Å². The fraction of sp³-hybridized carbons (Fsp3) is 0. The lowest BCUT2D eigenvalue weighted by Gasteiger charge is -2.17. The molecule has 7 aromatic carbocycles. The third-order valence-corrected chi connectivity index (χ3v) is 9.59. The fourth-order valence-corrected chi connectivity index (χ4v) is 7.39.